The van der Waals surface area contributed by atoms with E-state index in [9.17, 15) is 31.2 Å². The van der Waals surface area contributed by atoms with Gasteiger partial charge in [0.1, 0.15) is 5.82 Å². The van der Waals surface area contributed by atoms with Crippen molar-refractivity contribution >= 4 is 33.3 Å². The van der Waals surface area contributed by atoms with Crippen molar-refractivity contribution in [2.24, 2.45) is 0 Å². The van der Waals surface area contributed by atoms with Crippen molar-refractivity contribution < 1.29 is 31.2 Å². The van der Waals surface area contributed by atoms with Gasteiger partial charge in [-0.15, -0.1) is 0 Å². The number of para-hydroxylation sites is 1. The monoisotopic (exact) mass is 483 g/mol. The van der Waals surface area contributed by atoms with Crippen LogP contribution in [0.3, 0.4) is 0 Å². The van der Waals surface area contributed by atoms with Crippen LogP contribution in [0.4, 0.5) is 29.5 Å². The van der Waals surface area contributed by atoms with Crippen LogP contribution in [-0.2, 0) is 21.2 Å². The summed E-state index contributed by atoms with van der Waals surface area (Å²) < 4.78 is 63.1. The predicted molar refractivity (Wildman–Crippen MR) is 111 cm³/mol. The number of halogens is 3. The fourth-order valence-electron chi connectivity index (χ4n) is 4.26. The number of rotatable bonds is 2. The molecule has 0 spiro atoms. The molecule has 4 rings (SSSR count). The first-order chi connectivity index (χ1) is 15.3. The Bertz CT molecular complexity index is 1260. The van der Waals surface area contributed by atoms with Gasteiger partial charge in [-0.1, -0.05) is 18.2 Å². The van der Waals surface area contributed by atoms with E-state index < -0.39 is 39.2 Å². The van der Waals surface area contributed by atoms with E-state index >= 15 is 0 Å². The van der Waals surface area contributed by atoms with Crippen molar-refractivity contribution in [1.29, 1.82) is 0 Å². The number of hydrogen-bond acceptors (Lipinski definition) is 6. The van der Waals surface area contributed by atoms with Crippen LogP contribution >= 0.6 is 0 Å². The van der Waals surface area contributed by atoms with Crippen molar-refractivity contribution in [2.45, 2.75) is 37.3 Å². The summed E-state index contributed by atoms with van der Waals surface area (Å²) in [6.45, 7) is 1.43. The molecule has 0 saturated carbocycles. The lowest BCUT2D eigenvalue weighted by atomic mass is 9.91. The number of amides is 3. The number of aryl methyl sites for hydroxylation is 1. The number of urea groups is 1. The Morgan fingerprint density at radius 2 is 1.94 bits per heavy atom. The third kappa shape index (κ3) is 3.90. The minimum atomic E-state index is -5.03. The van der Waals surface area contributed by atoms with Crippen LogP contribution in [0, 0.1) is 6.92 Å². The van der Waals surface area contributed by atoms with Crippen LogP contribution in [-0.4, -0.2) is 61.2 Å². The van der Waals surface area contributed by atoms with Gasteiger partial charge in [0.25, 0.3) is 0 Å². The van der Waals surface area contributed by atoms with E-state index in [1.54, 1.807) is 25.1 Å². The van der Waals surface area contributed by atoms with E-state index in [1.165, 1.54) is 23.0 Å². The SMILES string of the molecule is Cc1cccc2c1N(C(=O)C(F)(F)F)CC[C@@H]2N1Cc2cnc(S(C)(=O)=O)nc2N(C)C1=O. The molecule has 3 amide bonds. The molecule has 1 aromatic heterocycles. The van der Waals surface area contributed by atoms with E-state index in [-0.39, 0.29) is 31.0 Å². The highest BCUT2D eigenvalue weighted by atomic mass is 32.2. The number of nitrogens with zero attached hydrogens (tertiary/aromatic N) is 5. The third-order valence-electron chi connectivity index (χ3n) is 5.73. The first kappa shape index (κ1) is 23.0. The number of carbonyl (C=O) groups excluding carboxylic acids is 2. The largest absolute Gasteiger partial charge is 0.471 e. The number of aromatic nitrogens is 2. The Kier molecular flexibility index (Phi) is 5.34. The summed E-state index contributed by atoms with van der Waals surface area (Å²) in [5, 5.41) is -0.408. The van der Waals surface area contributed by atoms with Crippen LogP contribution in [0.2, 0.25) is 0 Å². The van der Waals surface area contributed by atoms with E-state index in [2.05, 4.69) is 9.97 Å². The molecule has 0 aliphatic carbocycles. The topological polar surface area (TPSA) is 104 Å². The molecular formula is C20H20F3N5O4S. The van der Waals surface area contributed by atoms with E-state index in [4.69, 9.17) is 0 Å². The lowest BCUT2D eigenvalue weighted by Gasteiger charge is -2.43. The summed E-state index contributed by atoms with van der Waals surface area (Å²) >= 11 is 0. The number of alkyl halides is 3. The smallest absolute Gasteiger partial charge is 0.313 e. The Balaban J connectivity index is 1.75. The van der Waals surface area contributed by atoms with Crippen LogP contribution in [0.1, 0.15) is 29.2 Å². The zero-order valence-electron chi connectivity index (χ0n) is 17.9. The maximum absolute atomic E-state index is 13.2. The molecule has 1 atom stereocenters. The number of sulfone groups is 1. The number of benzene rings is 1. The molecule has 0 bridgehead atoms. The second-order valence-electron chi connectivity index (χ2n) is 8.01. The van der Waals surface area contributed by atoms with Crippen LogP contribution in [0.15, 0.2) is 29.6 Å². The zero-order chi connectivity index (χ0) is 24.3. The third-order valence-corrected chi connectivity index (χ3v) is 6.59. The van der Waals surface area contributed by atoms with Crippen molar-refractivity contribution in [3.05, 3.63) is 41.1 Å². The first-order valence-corrected chi connectivity index (χ1v) is 11.8. The maximum Gasteiger partial charge on any atom is 0.471 e. The second-order valence-corrected chi connectivity index (χ2v) is 9.92. The minimum absolute atomic E-state index is 0.0355. The first-order valence-electron chi connectivity index (χ1n) is 9.89. The predicted octanol–water partition coefficient (Wildman–Crippen LogP) is 2.60. The molecule has 0 radical (unpaired) electrons. The van der Waals surface area contributed by atoms with Crippen molar-refractivity contribution in [1.82, 2.24) is 14.9 Å². The number of anilines is 2. The van der Waals surface area contributed by atoms with Gasteiger partial charge in [-0.25, -0.2) is 23.2 Å². The average Bonchev–Trinajstić information content (AvgIpc) is 2.74. The highest BCUT2D eigenvalue weighted by Crippen LogP contribution is 2.43. The van der Waals surface area contributed by atoms with Crippen LogP contribution < -0.4 is 9.80 Å². The molecule has 2 aliphatic rings. The summed E-state index contributed by atoms with van der Waals surface area (Å²) in [5.41, 5.74) is 1.54. The minimum Gasteiger partial charge on any atom is -0.313 e. The van der Waals surface area contributed by atoms with E-state index in [1.807, 2.05) is 0 Å². The fraction of sp³-hybridized carbons (Fsp3) is 0.400. The van der Waals surface area contributed by atoms with Gasteiger partial charge in [0.15, 0.2) is 0 Å². The van der Waals surface area contributed by atoms with E-state index in [0.29, 0.717) is 16.7 Å². The Labute approximate surface area is 187 Å². The van der Waals surface area contributed by atoms with Crippen molar-refractivity contribution in [2.75, 3.05) is 29.6 Å². The van der Waals surface area contributed by atoms with Gasteiger partial charge in [0.05, 0.1) is 18.3 Å². The quantitative estimate of drug-likeness (QED) is 0.609. The van der Waals surface area contributed by atoms with Gasteiger partial charge in [-0.05, 0) is 24.5 Å². The standard InChI is InChI=1S/C20H20F3N5O4S/c1-11-5-4-6-13-14(7-8-27(15(11)13)17(29)20(21,22)23)28-10-12-9-24-18(33(3,31)32)25-16(12)26(2)19(28)30/h4-6,9,14H,7-8,10H2,1-3H3/t14-/m0/s1. The van der Waals surface area contributed by atoms with Gasteiger partial charge in [0.2, 0.25) is 15.0 Å². The maximum atomic E-state index is 13.2. The molecule has 13 heteroatoms. The van der Waals surface area contributed by atoms with Crippen LogP contribution in [0.25, 0.3) is 0 Å². The molecule has 0 saturated heterocycles. The summed E-state index contributed by atoms with van der Waals surface area (Å²) in [6.07, 6.45) is -2.65. The van der Waals surface area contributed by atoms with Gasteiger partial charge in [-0.3, -0.25) is 9.69 Å². The molecule has 3 heterocycles. The summed E-state index contributed by atoms with van der Waals surface area (Å²) in [7, 11) is -2.25. The molecule has 9 nitrogen and oxygen atoms in total. The van der Waals surface area contributed by atoms with Crippen molar-refractivity contribution in [3.63, 3.8) is 0 Å². The summed E-state index contributed by atoms with van der Waals surface area (Å²) in [4.78, 5) is 36.5. The number of fused-ring (bicyclic) bond motifs is 2. The Morgan fingerprint density at radius 1 is 1.24 bits per heavy atom. The van der Waals surface area contributed by atoms with E-state index in [0.717, 1.165) is 11.2 Å². The normalized spacial score (nSPS) is 18.8. The summed E-state index contributed by atoms with van der Waals surface area (Å²) in [6, 6.07) is 3.78. The molecule has 1 aromatic carbocycles. The number of carbonyl (C=O) groups is 2. The molecule has 0 fully saturated rings. The van der Waals surface area contributed by atoms with Gasteiger partial charge < -0.3 is 9.80 Å². The Hall–Kier alpha value is -3.22. The lowest BCUT2D eigenvalue weighted by molar-refractivity contribution is -0.170. The molecule has 33 heavy (non-hydrogen) atoms. The highest BCUT2D eigenvalue weighted by Gasteiger charge is 2.47. The van der Waals surface area contributed by atoms with Crippen molar-refractivity contribution in [3.8, 4) is 0 Å². The molecule has 176 valence electrons. The lowest BCUT2D eigenvalue weighted by Crippen LogP contribution is -2.51. The Morgan fingerprint density at radius 3 is 2.58 bits per heavy atom. The van der Waals surface area contributed by atoms with Gasteiger partial charge in [0, 0.05) is 31.6 Å². The molecule has 0 unspecified atom stereocenters. The van der Waals surface area contributed by atoms with Gasteiger partial charge >= 0.3 is 18.1 Å². The molecule has 2 aliphatic heterocycles. The van der Waals surface area contributed by atoms with Gasteiger partial charge in [-0.2, -0.15) is 13.2 Å². The fourth-order valence-corrected chi connectivity index (χ4v) is 4.75. The second kappa shape index (κ2) is 7.68. The number of hydrogen-bond donors (Lipinski definition) is 0. The molecule has 0 N–H and O–H groups in total. The molecular weight excluding hydrogens is 463 g/mol. The highest BCUT2D eigenvalue weighted by molar-refractivity contribution is 7.90. The average molecular weight is 483 g/mol. The molecule has 2 aromatic rings. The zero-order valence-corrected chi connectivity index (χ0v) is 18.7. The summed E-state index contributed by atoms with van der Waals surface area (Å²) in [5.74, 6) is -1.80. The van der Waals surface area contributed by atoms with Crippen LogP contribution in [0.5, 0.6) is 0 Å².